The van der Waals surface area contributed by atoms with Crippen LogP contribution in [0.2, 0.25) is 0 Å². The number of phenols is 1. The van der Waals surface area contributed by atoms with Gasteiger partial charge in [-0.3, -0.25) is 4.79 Å². The quantitative estimate of drug-likeness (QED) is 0.887. The number of aromatic nitrogens is 3. The zero-order chi connectivity index (χ0) is 18.7. The number of piperidine rings is 1. The molecule has 3 rings (SSSR count). The fourth-order valence-corrected chi connectivity index (χ4v) is 3.52. The second kappa shape index (κ2) is 7.86. The van der Waals surface area contributed by atoms with Crippen LogP contribution < -0.4 is 0 Å². The van der Waals surface area contributed by atoms with Crippen molar-refractivity contribution in [2.45, 2.75) is 38.8 Å². The maximum atomic E-state index is 12.6. The Morgan fingerprint density at radius 2 is 1.85 bits per heavy atom. The van der Waals surface area contributed by atoms with Crippen molar-refractivity contribution in [1.29, 1.82) is 0 Å². The van der Waals surface area contributed by atoms with Gasteiger partial charge < -0.3 is 19.5 Å². The summed E-state index contributed by atoms with van der Waals surface area (Å²) in [6.45, 7) is 5.18. The lowest BCUT2D eigenvalue weighted by molar-refractivity contribution is 0.0710. The molecule has 1 saturated heterocycles. The van der Waals surface area contributed by atoms with E-state index < -0.39 is 0 Å². The summed E-state index contributed by atoms with van der Waals surface area (Å²) in [5, 5.41) is 18.2. The molecule has 1 fully saturated rings. The summed E-state index contributed by atoms with van der Waals surface area (Å²) in [4.78, 5) is 16.6. The summed E-state index contributed by atoms with van der Waals surface area (Å²) in [5.74, 6) is 2.57. The highest BCUT2D eigenvalue weighted by Gasteiger charge is 2.28. The summed E-state index contributed by atoms with van der Waals surface area (Å²) in [6.07, 6.45) is 1.79. The highest BCUT2D eigenvalue weighted by molar-refractivity contribution is 5.94. The van der Waals surface area contributed by atoms with Crippen molar-refractivity contribution < 1.29 is 9.90 Å². The van der Waals surface area contributed by atoms with E-state index >= 15 is 0 Å². The van der Waals surface area contributed by atoms with Crippen molar-refractivity contribution in [1.82, 2.24) is 24.6 Å². The Balaban J connectivity index is 1.66. The summed E-state index contributed by atoms with van der Waals surface area (Å²) in [7, 11) is 4.06. The summed E-state index contributed by atoms with van der Waals surface area (Å²) < 4.78 is 2.21. The van der Waals surface area contributed by atoms with E-state index in [1.165, 1.54) is 0 Å². The molecule has 0 aliphatic carbocycles. The van der Waals surface area contributed by atoms with Gasteiger partial charge in [0.2, 0.25) is 0 Å². The number of likely N-dealkylation sites (tertiary alicyclic amines) is 1. The molecule has 1 aromatic carbocycles. The fourth-order valence-electron chi connectivity index (χ4n) is 3.52. The molecule has 0 saturated carbocycles. The van der Waals surface area contributed by atoms with Crippen LogP contribution in [0.15, 0.2) is 24.3 Å². The van der Waals surface area contributed by atoms with E-state index in [9.17, 15) is 9.90 Å². The smallest absolute Gasteiger partial charge is 0.253 e. The van der Waals surface area contributed by atoms with Crippen molar-refractivity contribution in [2.75, 3.05) is 27.2 Å². The molecule has 0 spiro atoms. The first-order valence-electron chi connectivity index (χ1n) is 9.14. The number of hydrogen-bond donors (Lipinski definition) is 1. The van der Waals surface area contributed by atoms with Crippen LogP contribution in [0, 0.1) is 0 Å². The van der Waals surface area contributed by atoms with Crippen molar-refractivity contribution in [3.05, 3.63) is 41.5 Å². The van der Waals surface area contributed by atoms with Gasteiger partial charge in [0.25, 0.3) is 5.91 Å². The van der Waals surface area contributed by atoms with Gasteiger partial charge in [-0.05, 0) is 58.1 Å². The molecule has 1 aliphatic rings. The monoisotopic (exact) mass is 357 g/mol. The van der Waals surface area contributed by atoms with Crippen LogP contribution in [0.5, 0.6) is 5.75 Å². The molecule has 140 valence electrons. The van der Waals surface area contributed by atoms with E-state index in [0.29, 0.717) is 24.6 Å². The van der Waals surface area contributed by atoms with Gasteiger partial charge in [-0.1, -0.05) is 0 Å². The lowest BCUT2D eigenvalue weighted by Crippen LogP contribution is -2.38. The Labute approximate surface area is 154 Å². The number of rotatable bonds is 5. The number of amides is 1. The molecule has 26 heavy (non-hydrogen) atoms. The van der Waals surface area contributed by atoms with Gasteiger partial charge in [-0.2, -0.15) is 0 Å². The molecule has 1 amide bonds. The van der Waals surface area contributed by atoms with Gasteiger partial charge in [0.1, 0.15) is 17.4 Å². The predicted octanol–water partition coefficient (Wildman–Crippen LogP) is 2.08. The minimum atomic E-state index is 0.0219. The second-order valence-corrected chi connectivity index (χ2v) is 7.07. The number of carbonyl (C=O) groups is 1. The first kappa shape index (κ1) is 18.4. The average Bonchev–Trinajstić information content (AvgIpc) is 3.03. The van der Waals surface area contributed by atoms with Crippen molar-refractivity contribution in [2.24, 2.45) is 0 Å². The largest absolute Gasteiger partial charge is 0.508 e. The van der Waals surface area contributed by atoms with Crippen molar-refractivity contribution in [3.8, 4) is 5.75 Å². The van der Waals surface area contributed by atoms with Gasteiger partial charge in [-0.15, -0.1) is 10.2 Å². The van der Waals surface area contributed by atoms with E-state index in [-0.39, 0.29) is 11.7 Å². The molecule has 0 unspecified atom stereocenters. The summed E-state index contributed by atoms with van der Waals surface area (Å²) in [5.41, 5.74) is 0.617. The van der Waals surface area contributed by atoms with Crippen molar-refractivity contribution >= 4 is 5.91 Å². The zero-order valence-electron chi connectivity index (χ0n) is 15.7. The Bertz CT molecular complexity index is 746. The third kappa shape index (κ3) is 3.88. The normalized spacial score (nSPS) is 15.6. The molecule has 0 radical (unpaired) electrons. The van der Waals surface area contributed by atoms with Gasteiger partial charge in [0.05, 0.1) is 6.54 Å². The number of nitrogens with zero attached hydrogens (tertiary/aromatic N) is 5. The minimum absolute atomic E-state index is 0.0219. The number of aromatic hydroxyl groups is 1. The molecule has 0 atom stereocenters. The third-order valence-electron chi connectivity index (χ3n) is 4.89. The highest BCUT2D eigenvalue weighted by atomic mass is 16.3. The molecule has 1 N–H and O–H groups in total. The lowest BCUT2D eigenvalue weighted by Gasteiger charge is -2.31. The minimum Gasteiger partial charge on any atom is -0.508 e. The van der Waals surface area contributed by atoms with Crippen LogP contribution in [0.4, 0.5) is 0 Å². The van der Waals surface area contributed by atoms with E-state index in [1.807, 2.05) is 19.0 Å². The van der Waals surface area contributed by atoms with E-state index in [0.717, 1.165) is 37.6 Å². The van der Waals surface area contributed by atoms with Gasteiger partial charge in [0, 0.05) is 31.1 Å². The number of benzene rings is 1. The third-order valence-corrected chi connectivity index (χ3v) is 4.89. The Kier molecular flexibility index (Phi) is 5.56. The summed E-state index contributed by atoms with van der Waals surface area (Å²) >= 11 is 0. The number of hydrogen-bond acceptors (Lipinski definition) is 5. The molecule has 0 bridgehead atoms. The Hall–Kier alpha value is -2.41. The van der Waals surface area contributed by atoms with E-state index in [2.05, 4.69) is 26.6 Å². The van der Waals surface area contributed by atoms with Crippen molar-refractivity contribution in [3.63, 3.8) is 0 Å². The van der Waals surface area contributed by atoms with Crippen LogP contribution in [-0.4, -0.2) is 62.8 Å². The van der Waals surface area contributed by atoms with Crippen LogP contribution in [-0.2, 0) is 13.1 Å². The molecule has 1 aliphatic heterocycles. The van der Waals surface area contributed by atoms with Gasteiger partial charge >= 0.3 is 0 Å². The first-order valence-corrected chi connectivity index (χ1v) is 9.14. The van der Waals surface area contributed by atoms with Crippen LogP contribution >= 0.6 is 0 Å². The van der Waals surface area contributed by atoms with E-state index in [1.54, 1.807) is 24.3 Å². The second-order valence-electron chi connectivity index (χ2n) is 7.07. The Morgan fingerprint density at radius 1 is 1.19 bits per heavy atom. The molecular weight excluding hydrogens is 330 g/mol. The number of carbonyl (C=O) groups excluding carboxylic acids is 1. The fraction of sp³-hybridized carbons (Fsp3) is 0.526. The maximum Gasteiger partial charge on any atom is 0.253 e. The van der Waals surface area contributed by atoms with Crippen LogP contribution in [0.25, 0.3) is 0 Å². The molecular formula is C19H27N5O2. The SMILES string of the molecule is CCn1c(CN(C)C)nnc1C1CCN(C(=O)c2ccc(O)cc2)CC1. The van der Waals surface area contributed by atoms with Gasteiger partial charge in [-0.25, -0.2) is 0 Å². The summed E-state index contributed by atoms with van der Waals surface area (Å²) in [6, 6.07) is 6.45. The molecule has 1 aromatic heterocycles. The zero-order valence-corrected chi connectivity index (χ0v) is 15.7. The molecule has 7 nitrogen and oxygen atoms in total. The average molecular weight is 357 g/mol. The standard InChI is InChI=1S/C19H27N5O2/c1-4-24-17(13-22(2)3)20-21-18(24)14-9-11-23(12-10-14)19(26)15-5-7-16(25)8-6-15/h5-8,14,25H,4,9-13H2,1-3H3. The number of phenolic OH excluding ortho intramolecular Hbond substituents is 1. The Morgan fingerprint density at radius 3 is 2.42 bits per heavy atom. The first-order chi connectivity index (χ1) is 12.5. The molecule has 7 heteroatoms. The maximum absolute atomic E-state index is 12.6. The molecule has 2 heterocycles. The topological polar surface area (TPSA) is 74.5 Å². The van der Waals surface area contributed by atoms with E-state index in [4.69, 9.17) is 0 Å². The van der Waals surface area contributed by atoms with Crippen LogP contribution in [0.3, 0.4) is 0 Å². The predicted molar refractivity (Wildman–Crippen MR) is 99.1 cm³/mol. The highest BCUT2D eigenvalue weighted by Crippen LogP contribution is 2.28. The van der Waals surface area contributed by atoms with Crippen LogP contribution in [0.1, 0.15) is 47.7 Å². The van der Waals surface area contributed by atoms with Gasteiger partial charge in [0.15, 0.2) is 0 Å². The lowest BCUT2D eigenvalue weighted by atomic mass is 9.95. The molecule has 2 aromatic rings.